The van der Waals surface area contributed by atoms with Crippen LogP contribution in [0.4, 0.5) is 17.1 Å². The van der Waals surface area contributed by atoms with Crippen molar-refractivity contribution in [2.45, 2.75) is 4.90 Å². The second-order valence-electron chi connectivity index (χ2n) is 3.74. The van der Waals surface area contributed by atoms with Crippen molar-refractivity contribution >= 4 is 28.8 Å². The SMILES string of the molecule is CSc1ccccc1Nc1ccc(N)cc1C#N. The summed E-state index contributed by atoms with van der Waals surface area (Å²) in [5, 5.41) is 12.4. The molecule has 0 aliphatic heterocycles. The van der Waals surface area contributed by atoms with E-state index in [-0.39, 0.29) is 0 Å². The second kappa shape index (κ2) is 5.48. The summed E-state index contributed by atoms with van der Waals surface area (Å²) in [5.74, 6) is 0. The van der Waals surface area contributed by atoms with E-state index in [2.05, 4.69) is 11.4 Å². The van der Waals surface area contributed by atoms with Gasteiger partial charge in [0.2, 0.25) is 0 Å². The van der Waals surface area contributed by atoms with Crippen molar-refractivity contribution in [2.75, 3.05) is 17.3 Å². The zero-order valence-electron chi connectivity index (χ0n) is 9.97. The van der Waals surface area contributed by atoms with Crippen LogP contribution in [0.3, 0.4) is 0 Å². The minimum atomic E-state index is 0.547. The normalized spacial score (nSPS) is 9.78. The molecule has 0 fully saturated rings. The van der Waals surface area contributed by atoms with E-state index in [0.29, 0.717) is 11.3 Å². The Labute approximate surface area is 111 Å². The first-order chi connectivity index (χ1) is 8.74. The summed E-state index contributed by atoms with van der Waals surface area (Å²) in [5.41, 5.74) is 8.57. The van der Waals surface area contributed by atoms with E-state index in [1.165, 1.54) is 0 Å². The number of hydrogen-bond acceptors (Lipinski definition) is 4. The molecular weight excluding hydrogens is 242 g/mol. The van der Waals surface area contributed by atoms with E-state index in [0.717, 1.165) is 16.3 Å². The predicted molar refractivity (Wildman–Crippen MR) is 77.1 cm³/mol. The number of thioether (sulfide) groups is 1. The summed E-state index contributed by atoms with van der Waals surface area (Å²) in [7, 11) is 0. The standard InChI is InChI=1S/C14H13N3S/c1-18-14-5-3-2-4-13(14)17-12-7-6-11(16)8-10(12)9-15/h2-8,17H,16H2,1H3. The highest BCUT2D eigenvalue weighted by Gasteiger charge is 2.05. The molecule has 4 heteroatoms. The van der Waals surface area contributed by atoms with Gasteiger partial charge >= 0.3 is 0 Å². The number of nitrogens with one attached hydrogen (secondary N) is 1. The molecule has 0 heterocycles. The van der Waals surface area contributed by atoms with Gasteiger partial charge in [-0.25, -0.2) is 0 Å². The maximum Gasteiger partial charge on any atom is 0.101 e. The third kappa shape index (κ3) is 2.58. The van der Waals surface area contributed by atoms with E-state index >= 15 is 0 Å². The van der Waals surface area contributed by atoms with Crippen LogP contribution in [-0.4, -0.2) is 6.26 Å². The molecular formula is C14H13N3S. The fraction of sp³-hybridized carbons (Fsp3) is 0.0714. The van der Waals surface area contributed by atoms with Crippen LogP contribution in [0.25, 0.3) is 0 Å². The molecule has 0 unspecified atom stereocenters. The minimum Gasteiger partial charge on any atom is -0.399 e. The first kappa shape index (κ1) is 12.3. The Morgan fingerprint density at radius 2 is 1.94 bits per heavy atom. The quantitative estimate of drug-likeness (QED) is 0.649. The lowest BCUT2D eigenvalue weighted by Gasteiger charge is -2.11. The molecule has 0 atom stereocenters. The molecule has 0 aliphatic carbocycles. The number of nitrogens with zero attached hydrogens (tertiary/aromatic N) is 1. The number of benzene rings is 2. The molecule has 0 spiro atoms. The first-order valence-electron chi connectivity index (χ1n) is 5.44. The summed E-state index contributed by atoms with van der Waals surface area (Å²) in [6, 6.07) is 15.4. The van der Waals surface area contributed by atoms with Gasteiger partial charge in [0.15, 0.2) is 0 Å². The Kier molecular flexibility index (Phi) is 3.75. The average molecular weight is 255 g/mol. The third-order valence-electron chi connectivity index (χ3n) is 2.54. The van der Waals surface area contributed by atoms with Crippen molar-refractivity contribution in [3.63, 3.8) is 0 Å². The molecule has 0 radical (unpaired) electrons. The average Bonchev–Trinajstić information content (AvgIpc) is 2.41. The number of hydrogen-bond donors (Lipinski definition) is 2. The Morgan fingerprint density at radius 1 is 1.17 bits per heavy atom. The summed E-state index contributed by atoms with van der Waals surface area (Å²) in [6.07, 6.45) is 2.02. The van der Waals surface area contributed by atoms with Gasteiger partial charge in [0.1, 0.15) is 6.07 Å². The zero-order chi connectivity index (χ0) is 13.0. The van der Waals surface area contributed by atoms with Gasteiger partial charge in [-0.15, -0.1) is 11.8 Å². The molecule has 0 amide bonds. The molecule has 3 nitrogen and oxygen atoms in total. The van der Waals surface area contributed by atoms with Crippen LogP contribution in [0.15, 0.2) is 47.4 Å². The Hall–Kier alpha value is -2.12. The number of nitriles is 1. The smallest absolute Gasteiger partial charge is 0.101 e. The second-order valence-corrected chi connectivity index (χ2v) is 4.59. The fourth-order valence-electron chi connectivity index (χ4n) is 1.66. The van der Waals surface area contributed by atoms with Crippen molar-refractivity contribution in [1.82, 2.24) is 0 Å². The van der Waals surface area contributed by atoms with Crippen LogP contribution in [0.1, 0.15) is 5.56 Å². The van der Waals surface area contributed by atoms with Gasteiger partial charge < -0.3 is 11.1 Å². The molecule has 0 saturated heterocycles. The van der Waals surface area contributed by atoms with Crippen LogP contribution in [0.5, 0.6) is 0 Å². The Bertz CT molecular complexity index is 602. The van der Waals surface area contributed by atoms with E-state index in [1.54, 1.807) is 23.9 Å². The minimum absolute atomic E-state index is 0.547. The number of nitrogens with two attached hydrogens (primary N) is 1. The lowest BCUT2D eigenvalue weighted by atomic mass is 10.1. The summed E-state index contributed by atoms with van der Waals surface area (Å²) in [6.45, 7) is 0. The maximum absolute atomic E-state index is 9.10. The molecule has 3 N–H and O–H groups in total. The highest BCUT2D eigenvalue weighted by molar-refractivity contribution is 7.98. The number of anilines is 3. The lowest BCUT2D eigenvalue weighted by molar-refractivity contribution is 1.40. The van der Waals surface area contributed by atoms with Crippen LogP contribution in [0.2, 0.25) is 0 Å². The third-order valence-corrected chi connectivity index (χ3v) is 3.34. The van der Waals surface area contributed by atoms with Crippen molar-refractivity contribution in [1.29, 1.82) is 5.26 Å². The van der Waals surface area contributed by atoms with Crippen LogP contribution < -0.4 is 11.1 Å². The van der Waals surface area contributed by atoms with Gasteiger partial charge in [-0.2, -0.15) is 5.26 Å². The predicted octanol–water partition coefficient (Wildman–Crippen LogP) is 3.61. The van der Waals surface area contributed by atoms with E-state index in [9.17, 15) is 0 Å². The summed E-state index contributed by atoms with van der Waals surface area (Å²) < 4.78 is 0. The zero-order valence-corrected chi connectivity index (χ0v) is 10.8. The van der Waals surface area contributed by atoms with Gasteiger partial charge in [-0.3, -0.25) is 0 Å². The lowest BCUT2D eigenvalue weighted by Crippen LogP contribution is -1.96. The molecule has 0 aromatic heterocycles. The van der Waals surface area contributed by atoms with Gasteiger partial charge in [0.25, 0.3) is 0 Å². The van der Waals surface area contributed by atoms with Crippen molar-refractivity contribution in [2.24, 2.45) is 0 Å². The number of nitrogen functional groups attached to an aromatic ring is 1. The van der Waals surface area contributed by atoms with E-state index < -0.39 is 0 Å². The van der Waals surface area contributed by atoms with Gasteiger partial charge in [-0.05, 0) is 36.6 Å². The highest BCUT2D eigenvalue weighted by atomic mass is 32.2. The summed E-state index contributed by atoms with van der Waals surface area (Å²) >= 11 is 1.66. The molecule has 0 bridgehead atoms. The van der Waals surface area contributed by atoms with Crippen LogP contribution in [0, 0.1) is 11.3 Å². The van der Waals surface area contributed by atoms with E-state index in [4.69, 9.17) is 11.0 Å². The van der Waals surface area contributed by atoms with Gasteiger partial charge in [-0.1, -0.05) is 12.1 Å². The monoisotopic (exact) mass is 255 g/mol. The molecule has 2 aromatic rings. The summed E-state index contributed by atoms with van der Waals surface area (Å²) in [4.78, 5) is 1.14. The van der Waals surface area contributed by atoms with Gasteiger partial charge in [0, 0.05) is 10.6 Å². The van der Waals surface area contributed by atoms with Crippen LogP contribution in [-0.2, 0) is 0 Å². The van der Waals surface area contributed by atoms with Crippen molar-refractivity contribution < 1.29 is 0 Å². The van der Waals surface area contributed by atoms with Crippen molar-refractivity contribution in [3.05, 3.63) is 48.0 Å². The largest absolute Gasteiger partial charge is 0.399 e. The fourth-order valence-corrected chi connectivity index (χ4v) is 2.21. The van der Waals surface area contributed by atoms with Crippen LogP contribution >= 0.6 is 11.8 Å². The Morgan fingerprint density at radius 3 is 2.67 bits per heavy atom. The molecule has 2 rings (SSSR count). The topological polar surface area (TPSA) is 61.8 Å². The van der Waals surface area contributed by atoms with Crippen molar-refractivity contribution in [3.8, 4) is 6.07 Å². The molecule has 90 valence electrons. The Balaban J connectivity index is 2.37. The molecule has 0 saturated carbocycles. The molecule has 2 aromatic carbocycles. The van der Waals surface area contributed by atoms with E-state index in [1.807, 2.05) is 36.6 Å². The molecule has 0 aliphatic rings. The first-order valence-corrected chi connectivity index (χ1v) is 6.66. The number of rotatable bonds is 3. The number of para-hydroxylation sites is 1. The highest BCUT2D eigenvalue weighted by Crippen LogP contribution is 2.29. The van der Waals surface area contributed by atoms with Gasteiger partial charge in [0.05, 0.1) is 16.9 Å². The maximum atomic E-state index is 9.10. The molecule has 18 heavy (non-hydrogen) atoms.